The summed E-state index contributed by atoms with van der Waals surface area (Å²) in [4.78, 5) is 25.6. The Morgan fingerprint density at radius 1 is 1.05 bits per heavy atom. The third-order valence-corrected chi connectivity index (χ3v) is 7.53. The summed E-state index contributed by atoms with van der Waals surface area (Å²) in [5.74, 6) is -1.90. The van der Waals surface area contributed by atoms with Gasteiger partial charge in [0, 0.05) is 29.0 Å². The first-order chi connectivity index (χ1) is 20.0. The van der Waals surface area contributed by atoms with Crippen LogP contribution in [0.4, 0.5) is 10.1 Å². The van der Waals surface area contributed by atoms with Gasteiger partial charge in [-0.2, -0.15) is 8.42 Å². The van der Waals surface area contributed by atoms with E-state index in [4.69, 9.17) is 8.97 Å². The van der Waals surface area contributed by atoms with Crippen LogP contribution in [-0.2, 0) is 21.3 Å². The van der Waals surface area contributed by atoms with Crippen molar-refractivity contribution in [2.24, 2.45) is 5.92 Å². The summed E-state index contributed by atoms with van der Waals surface area (Å²) in [7, 11) is -4.17. The topological polar surface area (TPSA) is 126 Å². The van der Waals surface area contributed by atoms with Gasteiger partial charge in [-0.1, -0.05) is 35.9 Å². The molecule has 42 heavy (non-hydrogen) atoms. The Morgan fingerprint density at radius 3 is 2.45 bits per heavy atom. The van der Waals surface area contributed by atoms with Crippen LogP contribution in [0.1, 0.15) is 42.1 Å². The van der Waals surface area contributed by atoms with Crippen LogP contribution < -0.4 is 10.6 Å². The Bertz CT molecular complexity index is 1660. The summed E-state index contributed by atoms with van der Waals surface area (Å²) in [6, 6.07) is 20.5. The first kappa shape index (κ1) is 30.7. The molecule has 4 rings (SSSR count). The van der Waals surface area contributed by atoms with Crippen molar-refractivity contribution in [3.8, 4) is 11.3 Å². The van der Waals surface area contributed by atoms with Crippen molar-refractivity contribution in [2.45, 2.75) is 32.6 Å². The standard InChI is InChI=1S/C32H33FN2O6S/c1-21(2)6-5-8-26(18-22-10-12-23(13-11-22)31(36)34-16-17-42(38,39)40)32(37)35-28-15-14-25(19-27(28)33)30-20-24-7-3-4-9-29(24)41-30/h3-4,7,9-15,19-20,26H,1,5-6,8,16-18H2,2H3,(H,34,36)(H,35,37)(H,38,39,40). The first-order valence-corrected chi connectivity index (χ1v) is 15.2. The van der Waals surface area contributed by atoms with E-state index in [1.165, 1.54) is 12.1 Å². The van der Waals surface area contributed by atoms with E-state index in [1.54, 1.807) is 30.3 Å². The maximum Gasteiger partial charge on any atom is 0.266 e. The van der Waals surface area contributed by atoms with E-state index in [1.807, 2.05) is 37.3 Å². The number of hydrogen-bond donors (Lipinski definition) is 3. The number of hydrogen-bond acceptors (Lipinski definition) is 5. The molecule has 0 aliphatic carbocycles. The van der Waals surface area contributed by atoms with E-state index in [0.29, 0.717) is 35.3 Å². The predicted molar refractivity (Wildman–Crippen MR) is 161 cm³/mol. The molecular weight excluding hydrogens is 559 g/mol. The number of furan rings is 1. The summed E-state index contributed by atoms with van der Waals surface area (Å²) in [6.07, 6.45) is 2.41. The van der Waals surface area contributed by atoms with E-state index in [9.17, 15) is 18.0 Å². The van der Waals surface area contributed by atoms with Crippen molar-refractivity contribution >= 4 is 38.6 Å². The van der Waals surface area contributed by atoms with Crippen molar-refractivity contribution < 1.29 is 31.4 Å². The number of carbonyl (C=O) groups is 2. The Labute approximate surface area is 244 Å². The lowest BCUT2D eigenvalue weighted by Crippen LogP contribution is -2.29. The van der Waals surface area contributed by atoms with Crippen LogP contribution >= 0.6 is 0 Å². The summed E-state index contributed by atoms with van der Waals surface area (Å²) in [5, 5.41) is 6.08. The highest BCUT2D eigenvalue weighted by molar-refractivity contribution is 7.85. The number of amides is 2. The fourth-order valence-corrected chi connectivity index (χ4v) is 4.94. The minimum atomic E-state index is -4.17. The number of para-hydroxylation sites is 1. The number of benzene rings is 3. The molecule has 0 saturated carbocycles. The smallest absolute Gasteiger partial charge is 0.266 e. The molecule has 0 bridgehead atoms. The lowest BCUT2D eigenvalue weighted by atomic mass is 9.92. The van der Waals surface area contributed by atoms with Gasteiger partial charge in [-0.25, -0.2) is 4.39 Å². The highest BCUT2D eigenvalue weighted by Crippen LogP contribution is 2.30. The molecule has 10 heteroatoms. The molecule has 0 spiro atoms. The molecule has 8 nitrogen and oxygen atoms in total. The Kier molecular flexibility index (Phi) is 9.92. The molecule has 3 aromatic carbocycles. The lowest BCUT2D eigenvalue weighted by Gasteiger charge is -2.18. The van der Waals surface area contributed by atoms with Gasteiger partial charge >= 0.3 is 0 Å². The SMILES string of the molecule is C=C(C)CCCC(Cc1ccc(C(=O)NCCS(=O)(=O)O)cc1)C(=O)Nc1ccc(-c2cc3ccccc3o2)cc1F. The van der Waals surface area contributed by atoms with Crippen LogP contribution in [0.25, 0.3) is 22.3 Å². The largest absolute Gasteiger partial charge is 0.456 e. The van der Waals surface area contributed by atoms with Gasteiger partial charge in [0.15, 0.2) is 0 Å². The average Bonchev–Trinajstić information content (AvgIpc) is 3.37. The number of fused-ring (bicyclic) bond motifs is 1. The summed E-state index contributed by atoms with van der Waals surface area (Å²) < 4.78 is 51.5. The van der Waals surface area contributed by atoms with Crippen LogP contribution in [0.3, 0.4) is 0 Å². The normalized spacial score (nSPS) is 12.2. The zero-order chi connectivity index (χ0) is 30.3. The minimum Gasteiger partial charge on any atom is -0.456 e. The zero-order valence-electron chi connectivity index (χ0n) is 23.2. The quantitative estimate of drug-likeness (QED) is 0.122. The highest BCUT2D eigenvalue weighted by atomic mass is 32.2. The van der Waals surface area contributed by atoms with Crippen LogP contribution in [0.2, 0.25) is 0 Å². The maximum atomic E-state index is 15.1. The van der Waals surface area contributed by atoms with E-state index in [-0.39, 0.29) is 18.1 Å². The van der Waals surface area contributed by atoms with Crippen LogP contribution in [-0.4, -0.2) is 37.1 Å². The third kappa shape index (κ3) is 8.61. The second-order valence-electron chi connectivity index (χ2n) is 10.3. The van der Waals surface area contributed by atoms with Crippen molar-refractivity contribution in [2.75, 3.05) is 17.6 Å². The molecule has 2 amide bonds. The molecule has 1 atom stereocenters. The number of carbonyl (C=O) groups excluding carboxylic acids is 2. The van der Waals surface area contributed by atoms with Gasteiger partial charge in [-0.3, -0.25) is 14.1 Å². The molecule has 1 aromatic heterocycles. The third-order valence-electron chi connectivity index (χ3n) is 6.81. The predicted octanol–water partition coefficient (Wildman–Crippen LogP) is 6.40. The molecule has 220 valence electrons. The lowest BCUT2D eigenvalue weighted by molar-refractivity contribution is -0.120. The van der Waals surface area contributed by atoms with Crippen molar-refractivity contribution in [1.29, 1.82) is 0 Å². The molecule has 0 aliphatic heterocycles. The fraction of sp³-hybridized carbons (Fsp3) is 0.250. The molecular formula is C32H33FN2O6S. The van der Waals surface area contributed by atoms with Crippen molar-refractivity contribution in [1.82, 2.24) is 5.32 Å². The first-order valence-electron chi connectivity index (χ1n) is 13.5. The van der Waals surface area contributed by atoms with Gasteiger partial charge in [-0.15, -0.1) is 6.58 Å². The molecule has 0 radical (unpaired) electrons. The Hall–Kier alpha value is -4.28. The van der Waals surface area contributed by atoms with Gasteiger partial charge in [0.05, 0.1) is 11.4 Å². The van der Waals surface area contributed by atoms with Crippen molar-refractivity contribution in [3.63, 3.8) is 0 Å². The second kappa shape index (κ2) is 13.6. The maximum absolute atomic E-state index is 15.1. The summed E-state index contributed by atoms with van der Waals surface area (Å²) in [6.45, 7) is 5.63. The molecule has 4 aromatic rings. The van der Waals surface area contributed by atoms with Crippen LogP contribution in [0, 0.1) is 11.7 Å². The van der Waals surface area contributed by atoms with E-state index >= 15 is 4.39 Å². The van der Waals surface area contributed by atoms with E-state index in [2.05, 4.69) is 17.2 Å². The summed E-state index contributed by atoms with van der Waals surface area (Å²) >= 11 is 0. The summed E-state index contributed by atoms with van der Waals surface area (Å²) in [5.41, 5.74) is 3.45. The average molecular weight is 593 g/mol. The number of anilines is 1. The molecule has 1 heterocycles. The Morgan fingerprint density at radius 2 is 1.79 bits per heavy atom. The highest BCUT2D eigenvalue weighted by Gasteiger charge is 2.21. The van der Waals surface area contributed by atoms with Gasteiger partial charge < -0.3 is 15.1 Å². The second-order valence-corrected chi connectivity index (χ2v) is 11.9. The Balaban J connectivity index is 1.44. The van der Waals surface area contributed by atoms with Gasteiger partial charge in [0.25, 0.3) is 16.0 Å². The van der Waals surface area contributed by atoms with E-state index < -0.39 is 33.5 Å². The number of nitrogens with one attached hydrogen (secondary N) is 2. The molecule has 3 N–H and O–H groups in total. The number of allylic oxidation sites excluding steroid dienone is 1. The van der Waals surface area contributed by atoms with Gasteiger partial charge in [-0.05, 0) is 80.6 Å². The molecule has 0 fully saturated rings. The molecule has 0 saturated heterocycles. The fourth-order valence-electron chi connectivity index (χ4n) is 4.58. The monoisotopic (exact) mass is 592 g/mol. The number of rotatable bonds is 13. The molecule has 1 unspecified atom stereocenters. The van der Waals surface area contributed by atoms with Crippen LogP contribution in [0.15, 0.2) is 89.4 Å². The number of halogens is 1. The van der Waals surface area contributed by atoms with Gasteiger partial charge in [0.2, 0.25) is 5.91 Å². The van der Waals surface area contributed by atoms with Gasteiger partial charge in [0.1, 0.15) is 17.2 Å². The minimum absolute atomic E-state index is 0.0710. The molecule has 0 aliphatic rings. The van der Waals surface area contributed by atoms with Crippen molar-refractivity contribution in [3.05, 3.63) is 102 Å². The zero-order valence-corrected chi connectivity index (χ0v) is 24.0. The van der Waals surface area contributed by atoms with Crippen LogP contribution in [0.5, 0.6) is 0 Å². The van der Waals surface area contributed by atoms with E-state index in [0.717, 1.165) is 29.4 Å².